The molecule has 0 aliphatic carbocycles. The summed E-state index contributed by atoms with van der Waals surface area (Å²) in [6, 6.07) is 13.8. The summed E-state index contributed by atoms with van der Waals surface area (Å²) in [4.78, 5) is 6.65. The third-order valence-electron chi connectivity index (χ3n) is 3.63. The molecule has 4 rings (SSSR count). The van der Waals surface area contributed by atoms with Crippen molar-refractivity contribution in [3.8, 4) is 11.5 Å². The first-order valence-electron chi connectivity index (χ1n) is 7.19. The second kappa shape index (κ2) is 5.35. The van der Waals surface area contributed by atoms with Crippen molar-refractivity contribution in [2.45, 2.75) is 13.1 Å². The Hall–Kier alpha value is -2.53. The maximum Gasteiger partial charge on any atom is 0.231 e. The molecule has 0 fully saturated rings. The van der Waals surface area contributed by atoms with Gasteiger partial charge in [-0.2, -0.15) is 0 Å². The zero-order chi connectivity index (χ0) is 14.9. The second-order valence-corrected chi connectivity index (χ2v) is 5.44. The van der Waals surface area contributed by atoms with Gasteiger partial charge in [-0.3, -0.25) is 4.90 Å². The van der Waals surface area contributed by atoms with Crippen LogP contribution in [0.2, 0.25) is 0 Å². The standard InChI is InChI=1S/C17H16N2O3/c1-19(9-12-6-7-15-16(8-12)21-11-20-15)10-17-18-13-4-2-3-5-14(13)22-17/h2-8H,9-11H2,1H3. The minimum absolute atomic E-state index is 0.303. The number of fused-ring (bicyclic) bond motifs is 2. The normalized spacial score (nSPS) is 13.2. The molecule has 5 nitrogen and oxygen atoms in total. The van der Waals surface area contributed by atoms with Crippen molar-refractivity contribution in [2.75, 3.05) is 13.8 Å². The summed E-state index contributed by atoms with van der Waals surface area (Å²) in [7, 11) is 2.04. The molecule has 2 heterocycles. The number of benzene rings is 2. The minimum Gasteiger partial charge on any atom is -0.454 e. The molecule has 0 unspecified atom stereocenters. The number of nitrogens with zero attached hydrogens (tertiary/aromatic N) is 2. The van der Waals surface area contributed by atoms with Crippen molar-refractivity contribution in [3.63, 3.8) is 0 Å². The van der Waals surface area contributed by atoms with Crippen LogP contribution in [0, 0.1) is 0 Å². The van der Waals surface area contributed by atoms with E-state index in [0.717, 1.165) is 35.0 Å². The first-order chi connectivity index (χ1) is 10.8. The molecule has 0 atom stereocenters. The van der Waals surface area contributed by atoms with Crippen LogP contribution >= 0.6 is 0 Å². The van der Waals surface area contributed by atoms with E-state index in [1.165, 1.54) is 5.56 Å². The number of rotatable bonds is 4. The van der Waals surface area contributed by atoms with E-state index in [-0.39, 0.29) is 0 Å². The lowest BCUT2D eigenvalue weighted by molar-refractivity contribution is 0.174. The highest BCUT2D eigenvalue weighted by Crippen LogP contribution is 2.32. The second-order valence-electron chi connectivity index (χ2n) is 5.44. The van der Waals surface area contributed by atoms with Gasteiger partial charge in [0.1, 0.15) is 5.52 Å². The predicted octanol–water partition coefficient (Wildman–Crippen LogP) is 3.19. The number of hydrogen-bond donors (Lipinski definition) is 0. The fourth-order valence-electron chi connectivity index (χ4n) is 2.63. The van der Waals surface area contributed by atoms with Gasteiger partial charge in [0.15, 0.2) is 17.1 Å². The van der Waals surface area contributed by atoms with Gasteiger partial charge >= 0.3 is 0 Å². The summed E-state index contributed by atoms with van der Waals surface area (Å²) in [5, 5.41) is 0. The van der Waals surface area contributed by atoms with Crippen molar-refractivity contribution >= 4 is 11.1 Å². The zero-order valence-electron chi connectivity index (χ0n) is 12.3. The fraction of sp³-hybridized carbons (Fsp3) is 0.235. The Bertz CT molecular complexity index is 780. The highest BCUT2D eigenvalue weighted by molar-refractivity contribution is 5.72. The molecule has 0 saturated heterocycles. The van der Waals surface area contributed by atoms with Crippen molar-refractivity contribution < 1.29 is 13.9 Å². The van der Waals surface area contributed by atoms with Gasteiger partial charge in [-0.05, 0) is 36.9 Å². The van der Waals surface area contributed by atoms with Crippen molar-refractivity contribution in [1.82, 2.24) is 9.88 Å². The van der Waals surface area contributed by atoms with E-state index < -0.39 is 0 Å². The van der Waals surface area contributed by atoms with Crippen molar-refractivity contribution in [3.05, 3.63) is 53.9 Å². The van der Waals surface area contributed by atoms with Crippen LogP contribution < -0.4 is 9.47 Å². The third kappa shape index (κ3) is 2.51. The molecule has 3 aromatic rings. The van der Waals surface area contributed by atoms with Crippen LogP contribution in [0.25, 0.3) is 11.1 Å². The van der Waals surface area contributed by atoms with Gasteiger partial charge < -0.3 is 13.9 Å². The lowest BCUT2D eigenvalue weighted by atomic mass is 10.2. The van der Waals surface area contributed by atoms with Gasteiger partial charge in [-0.15, -0.1) is 0 Å². The Morgan fingerprint density at radius 2 is 1.91 bits per heavy atom. The molecule has 5 heteroatoms. The Morgan fingerprint density at radius 3 is 2.82 bits per heavy atom. The van der Waals surface area contributed by atoms with E-state index in [0.29, 0.717) is 13.3 Å². The molecule has 22 heavy (non-hydrogen) atoms. The molecule has 1 aromatic heterocycles. The van der Waals surface area contributed by atoms with Crippen LogP contribution in [0.1, 0.15) is 11.5 Å². The Labute approximate surface area is 128 Å². The molecule has 0 bridgehead atoms. The topological polar surface area (TPSA) is 47.7 Å². The molecule has 1 aliphatic heterocycles. The van der Waals surface area contributed by atoms with Crippen LogP contribution in [0.15, 0.2) is 46.9 Å². The smallest absolute Gasteiger partial charge is 0.231 e. The number of para-hydroxylation sites is 2. The Morgan fingerprint density at radius 1 is 1.05 bits per heavy atom. The molecule has 112 valence electrons. The molecule has 0 radical (unpaired) electrons. The molecule has 0 N–H and O–H groups in total. The first-order valence-corrected chi connectivity index (χ1v) is 7.19. The lowest BCUT2D eigenvalue weighted by Crippen LogP contribution is -2.17. The quantitative estimate of drug-likeness (QED) is 0.740. The van der Waals surface area contributed by atoms with E-state index in [1.807, 2.05) is 43.4 Å². The SMILES string of the molecule is CN(Cc1ccc2c(c1)OCO2)Cc1nc2ccccc2o1. The lowest BCUT2D eigenvalue weighted by Gasteiger charge is -2.14. The summed E-state index contributed by atoms with van der Waals surface area (Å²) < 4.78 is 16.5. The molecule has 2 aromatic carbocycles. The van der Waals surface area contributed by atoms with Gasteiger partial charge in [-0.1, -0.05) is 18.2 Å². The number of ether oxygens (including phenoxy) is 2. The van der Waals surface area contributed by atoms with Crippen LogP contribution in [0.5, 0.6) is 11.5 Å². The molecule has 1 aliphatic rings. The molecule has 0 amide bonds. The van der Waals surface area contributed by atoms with Crippen LogP contribution in [-0.2, 0) is 13.1 Å². The molecular formula is C17H16N2O3. The maximum absolute atomic E-state index is 5.75. The summed E-state index contributed by atoms with van der Waals surface area (Å²) >= 11 is 0. The van der Waals surface area contributed by atoms with Crippen LogP contribution in [-0.4, -0.2) is 23.7 Å². The minimum atomic E-state index is 0.303. The van der Waals surface area contributed by atoms with E-state index in [9.17, 15) is 0 Å². The van der Waals surface area contributed by atoms with E-state index in [2.05, 4.69) is 16.0 Å². The van der Waals surface area contributed by atoms with Gasteiger partial charge in [0.25, 0.3) is 0 Å². The number of hydrogen-bond acceptors (Lipinski definition) is 5. The van der Waals surface area contributed by atoms with E-state index >= 15 is 0 Å². The highest BCUT2D eigenvalue weighted by Gasteiger charge is 2.14. The molecular weight excluding hydrogens is 280 g/mol. The molecule has 0 spiro atoms. The highest BCUT2D eigenvalue weighted by atomic mass is 16.7. The van der Waals surface area contributed by atoms with Gasteiger partial charge in [-0.25, -0.2) is 4.98 Å². The average Bonchev–Trinajstić information content (AvgIpc) is 3.11. The summed E-state index contributed by atoms with van der Waals surface area (Å²) in [6.07, 6.45) is 0. The summed E-state index contributed by atoms with van der Waals surface area (Å²) in [5.74, 6) is 2.35. The number of aromatic nitrogens is 1. The average molecular weight is 296 g/mol. The van der Waals surface area contributed by atoms with Gasteiger partial charge in [0.2, 0.25) is 12.7 Å². The van der Waals surface area contributed by atoms with E-state index in [4.69, 9.17) is 13.9 Å². The predicted molar refractivity (Wildman–Crippen MR) is 81.7 cm³/mol. The van der Waals surface area contributed by atoms with Crippen LogP contribution in [0.3, 0.4) is 0 Å². The summed E-state index contributed by atoms with van der Waals surface area (Å²) in [5.41, 5.74) is 2.89. The zero-order valence-corrected chi connectivity index (χ0v) is 12.3. The number of oxazole rings is 1. The van der Waals surface area contributed by atoms with Crippen molar-refractivity contribution in [1.29, 1.82) is 0 Å². The maximum atomic E-state index is 5.75. The third-order valence-corrected chi connectivity index (χ3v) is 3.63. The van der Waals surface area contributed by atoms with E-state index in [1.54, 1.807) is 0 Å². The molecule has 0 saturated carbocycles. The fourth-order valence-corrected chi connectivity index (χ4v) is 2.63. The Balaban J connectivity index is 1.46. The first kappa shape index (κ1) is 13.2. The van der Waals surface area contributed by atoms with Crippen LogP contribution in [0.4, 0.5) is 0 Å². The Kier molecular flexibility index (Phi) is 3.20. The summed E-state index contributed by atoms with van der Waals surface area (Å²) in [6.45, 7) is 1.75. The van der Waals surface area contributed by atoms with Gasteiger partial charge in [0.05, 0.1) is 6.54 Å². The van der Waals surface area contributed by atoms with Gasteiger partial charge in [0, 0.05) is 6.54 Å². The monoisotopic (exact) mass is 296 g/mol. The largest absolute Gasteiger partial charge is 0.454 e. The van der Waals surface area contributed by atoms with Crippen molar-refractivity contribution in [2.24, 2.45) is 0 Å².